The Labute approximate surface area is 148 Å². The van der Waals surface area contributed by atoms with Crippen molar-refractivity contribution in [3.63, 3.8) is 0 Å². The number of esters is 2. The van der Waals surface area contributed by atoms with E-state index in [1.54, 1.807) is 0 Å². The maximum absolute atomic E-state index is 11.9. The van der Waals surface area contributed by atoms with Gasteiger partial charge in [-0.2, -0.15) is 0 Å². The third kappa shape index (κ3) is 9.74. The zero-order valence-electron chi connectivity index (χ0n) is 16.1. The molecule has 0 aromatic carbocycles. The summed E-state index contributed by atoms with van der Waals surface area (Å²) in [7, 11) is 0. The van der Waals surface area contributed by atoms with Gasteiger partial charge in [0.05, 0.1) is 13.2 Å². The molecule has 0 aliphatic rings. The van der Waals surface area contributed by atoms with E-state index in [1.807, 2.05) is 0 Å². The van der Waals surface area contributed by atoms with E-state index >= 15 is 0 Å². The summed E-state index contributed by atoms with van der Waals surface area (Å²) in [5, 5.41) is 0. The van der Waals surface area contributed by atoms with E-state index in [0.717, 1.165) is 51.4 Å². The molecule has 0 aliphatic carbocycles. The van der Waals surface area contributed by atoms with E-state index in [4.69, 9.17) is 9.47 Å². The fourth-order valence-corrected chi connectivity index (χ4v) is 2.44. The van der Waals surface area contributed by atoms with Gasteiger partial charge in [-0.15, -0.1) is 0 Å². The maximum atomic E-state index is 11.9. The van der Waals surface area contributed by atoms with Crippen LogP contribution in [-0.4, -0.2) is 25.2 Å². The van der Waals surface area contributed by atoms with Crippen LogP contribution in [0.15, 0.2) is 12.2 Å². The Morgan fingerprint density at radius 2 is 1.17 bits per heavy atom. The third-order valence-electron chi connectivity index (χ3n) is 4.48. The van der Waals surface area contributed by atoms with Gasteiger partial charge in [-0.25, -0.2) is 9.59 Å². The van der Waals surface area contributed by atoms with Crippen molar-refractivity contribution in [1.29, 1.82) is 0 Å². The predicted octanol–water partition coefficient (Wildman–Crippen LogP) is 5.06. The SMILES string of the molecule is C=C(C(=O)OCC(CC)CCCC)C(=O)OCC(CC)CCCC. The van der Waals surface area contributed by atoms with Crippen LogP contribution >= 0.6 is 0 Å². The molecule has 0 amide bonds. The fraction of sp³-hybridized carbons (Fsp3) is 0.800. The Morgan fingerprint density at radius 1 is 0.792 bits per heavy atom. The van der Waals surface area contributed by atoms with Crippen molar-refractivity contribution < 1.29 is 19.1 Å². The zero-order valence-corrected chi connectivity index (χ0v) is 16.1. The number of carbonyl (C=O) groups is 2. The van der Waals surface area contributed by atoms with Crippen LogP contribution in [0, 0.1) is 11.8 Å². The molecule has 0 saturated heterocycles. The Balaban J connectivity index is 4.21. The summed E-state index contributed by atoms with van der Waals surface area (Å²) in [4.78, 5) is 23.9. The van der Waals surface area contributed by atoms with Crippen molar-refractivity contribution >= 4 is 11.9 Å². The second-order valence-electron chi connectivity index (χ2n) is 6.51. The highest BCUT2D eigenvalue weighted by Crippen LogP contribution is 2.15. The quantitative estimate of drug-likeness (QED) is 0.192. The lowest BCUT2D eigenvalue weighted by Crippen LogP contribution is -2.22. The lowest BCUT2D eigenvalue weighted by atomic mass is 10.0. The first-order chi connectivity index (χ1) is 11.5. The van der Waals surface area contributed by atoms with E-state index < -0.39 is 11.9 Å². The molecule has 0 aromatic heterocycles. The minimum absolute atomic E-state index is 0.203. The van der Waals surface area contributed by atoms with Gasteiger partial charge in [0.1, 0.15) is 5.57 Å². The summed E-state index contributed by atoms with van der Waals surface area (Å²) in [6.45, 7) is 12.7. The van der Waals surface area contributed by atoms with Crippen LogP contribution in [0.2, 0.25) is 0 Å². The number of hydrogen-bond donors (Lipinski definition) is 0. The summed E-state index contributed by atoms with van der Waals surface area (Å²) < 4.78 is 10.5. The summed E-state index contributed by atoms with van der Waals surface area (Å²) in [6.07, 6.45) is 8.48. The molecule has 4 heteroatoms. The average molecular weight is 341 g/mol. The monoisotopic (exact) mass is 340 g/mol. The summed E-state index contributed by atoms with van der Waals surface area (Å²) >= 11 is 0. The molecular formula is C20H36O4. The van der Waals surface area contributed by atoms with Crippen LogP contribution in [0.25, 0.3) is 0 Å². The van der Waals surface area contributed by atoms with Crippen LogP contribution in [0.3, 0.4) is 0 Å². The molecule has 0 aromatic rings. The first kappa shape index (κ1) is 22.7. The molecule has 0 heterocycles. The van der Waals surface area contributed by atoms with Crippen molar-refractivity contribution in [3.8, 4) is 0 Å². The van der Waals surface area contributed by atoms with Gasteiger partial charge in [0.25, 0.3) is 0 Å². The molecule has 0 fully saturated rings. The highest BCUT2D eigenvalue weighted by Gasteiger charge is 2.21. The van der Waals surface area contributed by atoms with Crippen LogP contribution in [-0.2, 0) is 19.1 Å². The van der Waals surface area contributed by atoms with Crippen molar-refractivity contribution in [3.05, 3.63) is 12.2 Å². The molecule has 0 N–H and O–H groups in total. The first-order valence-electron chi connectivity index (χ1n) is 9.53. The lowest BCUT2D eigenvalue weighted by molar-refractivity contribution is -0.148. The predicted molar refractivity (Wildman–Crippen MR) is 97.7 cm³/mol. The smallest absolute Gasteiger partial charge is 0.344 e. The largest absolute Gasteiger partial charge is 0.462 e. The molecule has 0 radical (unpaired) electrons. The van der Waals surface area contributed by atoms with E-state index in [2.05, 4.69) is 34.3 Å². The molecular weight excluding hydrogens is 304 g/mol. The van der Waals surface area contributed by atoms with Gasteiger partial charge >= 0.3 is 11.9 Å². The molecule has 140 valence electrons. The van der Waals surface area contributed by atoms with Crippen molar-refractivity contribution in [2.45, 2.75) is 79.1 Å². The minimum atomic E-state index is -0.656. The van der Waals surface area contributed by atoms with Crippen LogP contribution in [0.1, 0.15) is 79.1 Å². The maximum Gasteiger partial charge on any atom is 0.344 e. The summed E-state index contributed by atoms with van der Waals surface area (Å²) in [5.41, 5.74) is -0.203. The van der Waals surface area contributed by atoms with Crippen molar-refractivity contribution in [1.82, 2.24) is 0 Å². The summed E-state index contributed by atoms with van der Waals surface area (Å²) in [5.74, 6) is -0.624. The van der Waals surface area contributed by atoms with Gasteiger partial charge in [0.15, 0.2) is 0 Å². The molecule has 4 nitrogen and oxygen atoms in total. The van der Waals surface area contributed by atoms with E-state index in [0.29, 0.717) is 25.0 Å². The van der Waals surface area contributed by atoms with Crippen molar-refractivity contribution in [2.24, 2.45) is 11.8 Å². The Hall–Kier alpha value is -1.32. The summed E-state index contributed by atoms with van der Waals surface area (Å²) in [6, 6.07) is 0. The molecule has 0 spiro atoms. The number of unbranched alkanes of at least 4 members (excludes halogenated alkanes) is 2. The number of ether oxygens (including phenoxy) is 2. The van der Waals surface area contributed by atoms with Gasteiger partial charge in [-0.1, -0.05) is 72.8 Å². The second kappa shape index (κ2) is 14.1. The Morgan fingerprint density at radius 3 is 1.46 bits per heavy atom. The lowest BCUT2D eigenvalue weighted by Gasteiger charge is -2.16. The highest BCUT2D eigenvalue weighted by molar-refractivity contribution is 6.13. The molecule has 0 saturated carbocycles. The second-order valence-corrected chi connectivity index (χ2v) is 6.51. The highest BCUT2D eigenvalue weighted by atomic mass is 16.6. The van der Waals surface area contributed by atoms with Crippen LogP contribution in [0.4, 0.5) is 0 Å². The number of rotatable bonds is 14. The zero-order chi connectivity index (χ0) is 18.4. The van der Waals surface area contributed by atoms with E-state index in [-0.39, 0.29) is 5.57 Å². The first-order valence-corrected chi connectivity index (χ1v) is 9.53. The number of carbonyl (C=O) groups excluding carboxylic acids is 2. The van der Waals surface area contributed by atoms with Gasteiger partial charge in [0, 0.05) is 0 Å². The molecule has 24 heavy (non-hydrogen) atoms. The normalized spacial score (nSPS) is 13.2. The topological polar surface area (TPSA) is 52.6 Å². The molecule has 2 unspecified atom stereocenters. The van der Waals surface area contributed by atoms with Gasteiger partial charge < -0.3 is 9.47 Å². The minimum Gasteiger partial charge on any atom is -0.462 e. The van der Waals surface area contributed by atoms with Crippen LogP contribution in [0.5, 0.6) is 0 Å². The molecule has 0 bridgehead atoms. The van der Waals surface area contributed by atoms with Gasteiger partial charge in [-0.05, 0) is 24.7 Å². The van der Waals surface area contributed by atoms with E-state index in [9.17, 15) is 9.59 Å². The fourth-order valence-electron chi connectivity index (χ4n) is 2.44. The molecule has 0 aliphatic heterocycles. The molecule has 2 atom stereocenters. The van der Waals surface area contributed by atoms with Gasteiger partial charge in [0.2, 0.25) is 0 Å². The average Bonchev–Trinajstić information content (AvgIpc) is 2.60. The van der Waals surface area contributed by atoms with Gasteiger partial charge in [-0.3, -0.25) is 0 Å². The Bertz CT molecular complexity index is 342. The van der Waals surface area contributed by atoms with Crippen LogP contribution < -0.4 is 0 Å². The molecule has 0 rings (SSSR count). The number of hydrogen-bond acceptors (Lipinski definition) is 4. The third-order valence-corrected chi connectivity index (χ3v) is 4.48. The Kier molecular flexibility index (Phi) is 13.3. The van der Waals surface area contributed by atoms with E-state index in [1.165, 1.54) is 0 Å². The standard InChI is InChI=1S/C20H36O4/c1-6-10-12-17(8-3)14-23-19(21)16(5)20(22)24-15-18(9-4)13-11-7-2/h17-18H,5-15H2,1-4H3. The van der Waals surface area contributed by atoms with Crippen molar-refractivity contribution in [2.75, 3.05) is 13.2 Å².